The van der Waals surface area contributed by atoms with Gasteiger partial charge in [-0.2, -0.15) is 16.9 Å². The van der Waals surface area contributed by atoms with Gasteiger partial charge in [0.15, 0.2) is 0 Å². The highest BCUT2D eigenvalue weighted by Crippen LogP contribution is 2.14. The second-order valence-corrected chi connectivity index (χ2v) is 6.20. The van der Waals surface area contributed by atoms with Crippen molar-refractivity contribution in [1.29, 1.82) is 0 Å². The number of aryl methyl sites for hydroxylation is 2. The predicted octanol–water partition coefficient (Wildman–Crippen LogP) is 2.65. The van der Waals surface area contributed by atoms with E-state index in [0.29, 0.717) is 0 Å². The maximum atomic E-state index is 4.64. The van der Waals surface area contributed by atoms with Gasteiger partial charge in [0.05, 0.1) is 12.2 Å². The van der Waals surface area contributed by atoms with Crippen LogP contribution in [0.2, 0.25) is 0 Å². The van der Waals surface area contributed by atoms with E-state index < -0.39 is 0 Å². The molecule has 1 heterocycles. The molecule has 0 fully saturated rings. The molecule has 0 saturated carbocycles. The Labute approximate surface area is 116 Å². The van der Waals surface area contributed by atoms with Crippen LogP contribution in [0.15, 0.2) is 0 Å². The van der Waals surface area contributed by atoms with Gasteiger partial charge in [-0.1, -0.05) is 13.8 Å². The van der Waals surface area contributed by atoms with Crippen LogP contribution in [-0.2, 0) is 13.0 Å². The van der Waals surface area contributed by atoms with Gasteiger partial charge in [-0.3, -0.25) is 4.68 Å². The van der Waals surface area contributed by atoms with Gasteiger partial charge in [0.25, 0.3) is 0 Å². The molecule has 0 saturated heterocycles. The second-order valence-electron chi connectivity index (χ2n) is 5.21. The molecule has 0 spiro atoms. The first-order valence-corrected chi connectivity index (χ1v) is 8.18. The number of hydrogen-bond donors (Lipinski definition) is 1. The topological polar surface area (TPSA) is 29.9 Å². The standard InChI is InChI=1S/C14H27N3S/c1-11(2)10-15-7-6-14-12(3)16-17(13(14)4)8-9-18-5/h11,15H,6-10H2,1-5H3. The Morgan fingerprint density at radius 1 is 1.33 bits per heavy atom. The maximum Gasteiger partial charge on any atom is 0.0628 e. The average Bonchev–Trinajstić information content (AvgIpc) is 2.58. The Balaban J connectivity index is 2.51. The molecule has 0 aliphatic rings. The molecule has 0 radical (unpaired) electrons. The van der Waals surface area contributed by atoms with Crippen LogP contribution in [0.1, 0.15) is 30.8 Å². The number of rotatable bonds is 8. The summed E-state index contributed by atoms with van der Waals surface area (Å²) in [6.45, 7) is 12.0. The van der Waals surface area contributed by atoms with E-state index in [-0.39, 0.29) is 0 Å². The number of nitrogens with zero attached hydrogens (tertiary/aromatic N) is 2. The van der Waals surface area contributed by atoms with Crippen molar-refractivity contribution >= 4 is 11.8 Å². The fourth-order valence-electron chi connectivity index (χ4n) is 2.10. The summed E-state index contributed by atoms with van der Waals surface area (Å²) in [5, 5.41) is 8.14. The van der Waals surface area contributed by atoms with E-state index in [2.05, 4.69) is 49.0 Å². The smallest absolute Gasteiger partial charge is 0.0628 e. The van der Waals surface area contributed by atoms with E-state index in [1.807, 2.05) is 11.8 Å². The van der Waals surface area contributed by atoms with Crippen molar-refractivity contribution in [1.82, 2.24) is 15.1 Å². The zero-order valence-corrected chi connectivity index (χ0v) is 13.2. The van der Waals surface area contributed by atoms with Crippen molar-refractivity contribution in [2.24, 2.45) is 5.92 Å². The van der Waals surface area contributed by atoms with Crippen LogP contribution in [0.4, 0.5) is 0 Å². The molecule has 104 valence electrons. The minimum atomic E-state index is 0.719. The van der Waals surface area contributed by atoms with Crippen LogP contribution in [0.5, 0.6) is 0 Å². The SMILES string of the molecule is CSCCn1nc(C)c(CCNCC(C)C)c1C. The molecule has 18 heavy (non-hydrogen) atoms. The second kappa shape index (κ2) is 7.85. The maximum absolute atomic E-state index is 4.64. The summed E-state index contributed by atoms with van der Waals surface area (Å²) in [5.74, 6) is 1.85. The van der Waals surface area contributed by atoms with Gasteiger partial charge in [-0.05, 0) is 51.1 Å². The fraction of sp³-hybridized carbons (Fsp3) is 0.786. The fourth-order valence-corrected chi connectivity index (χ4v) is 2.45. The summed E-state index contributed by atoms with van der Waals surface area (Å²) in [7, 11) is 0. The van der Waals surface area contributed by atoms with Crippen molar-refractivity contribution in [2.45, 2.75) is 40.7 Å². The Bertz CT molecular complexity index is 358. The first kappa shape index (κ1) is 15.6. The lowest BCUT2D eigenvalue weighted by Crippen LogP contribution is -2.22. The zero-order valence-electron chi connectivity index (χ0n) is 12.4. The monoisotopic (exact) mass is 269 g/mol. The third-order valence-corrected chi connectivity index (χ3v) is 3.73. The van der Waals surface area contributed by atoms with Crippen molar-refractivity contribution in [3.63, 3.8) is 0 Å². The van der Waals surface area contributed by atoms with Crippen molar-refractivity contribution in [3.05, 3.63) is 17.0 Å². The van der Waals surface area contributed by atoms with Crippen molar-refractivity contribution < 1.29 is 0 Å². The summed E-state index contributed by atoms with van der Waals surface area (Å²) in [6, 6.07) is 0. The first-order valence-electron chi connectivity index (χ1n) is 6.78. The van der Waals surface area contributed by atoms with E-state index in [0.717, 1.165) is 37.7 Å². The molecule has 4 heteroatoms. The summed E-state index contributed by atoms with van der Waals surface area (Å²) < 4.78 is 2.16. The Hall–Kier alpha value is -0.480. The highest BCUT2D eigenvalue weighted by atomic mass is 32.2. The Morgan fingerprint density at radius 2 is 2.06 bits per heavy atom. The van der Waals surface area contributed by atoms with Crippen molar-refractivity contribution in [3.8, 4) is 0 Å². The van der Waals surface area contributed by atoms with Gasteiger partial charge in [-0.15, -0.1) is 0 Å². The molecule has 0 aromatic carbocycles. The molecule has 0 unspecified atom stereocenters. The number of nitrogens with one attached hydrogen (secondary N) is 1. The highest BCUT2D eigenvalue weighted by Gasteiger charge is 2.10. The van der Waals surface area contributed by atoms with E-state index >= 15 is 0 Å². The van der Waals surface area contributed by atoms with Crippen LogP contribution in [0.25, 0.3) is 0 Å². The van der Waals surface area contributed by atoms with Crippen molar-refractivity contribution in [2.75, 3.05) is 25.1 Å². The van der Waals surface area contributed by atoms with Crippen LogP contribution in [0, 0.1) is 19.8 Å². The van der Waals surface area contributed by atoms with Gasteiger partial charge in [0.1, 0.15) is 0 Å². The van der Waals surface area contributed by atoms with Crippen LogP contribution < -0.4 is 5.32 Å². The molecule has 0 bridgehead atoms. The number of aromatic nitrogens is 2. The molecule has 3 nitrogen and oxygen atoms in total. The van der Waals surface area contributed by atoms with E-state index in [9.17, 15) is 0 Å². The van der Waals surface area contributed by atoms with Gasteiger partial charge in [0.2, 0.25) is 0 Å². The molecule has 1 aromatic rings. The summed E-state index contributed by atoms with van der Waals surface area (Å²) in [4.78, 5) is 0. The summed E-state index contributed by atoms with van der Waals surface area (Å²) in [6.07, 6.45) is 3.23. The zero-order chi connectivity index (χ0) is 13.5. The number of hydrogen-bond acceptors (Lipinski definition) is 3. The molecule has 0 atom stereocenters. The molecule has 0 amide bonds. The lowest BCUT2D eigenvalue weighted by atomic mass is 10.1. The number of thioether (sulfide) groups is 1. The van der Waals surface area contributed by atoms with E-state index in [4.69, 9.17) is 0 Å². The summed E-state index contributed by atoms with van der Waals surface area (Å²) >= 11 is 1.87. The van der Waals surface area contributed by atoms with Gasteiger partial charge in [0, 0.05) is 11.4 Å². The van der Waals surface area contributed by atoms with Crippen LogP contribution in [-0.4, -0.2) is 34.9 Å². The van der Waals surface area contributed by atoms with Gasteiger partial charge >= 0.3 is 0 Å². The average molecular weight is 269 g/mol. The Morgan fingerprint density at radius 3 is 2.67 bits per heavy atom. The molecule has 1 N–H and O–H groups in total. The molecular formula is C14H27N3S. The highest BCUT2D eigenvalue weighted by molar-refractivity contribution is 7.98. The minimum Gasteiger partial charge on any atom is -0.316 e. The third kappa shape index (κ3) is 4.65. The molecule has 0 aliphatic heterocycles. The third-order valence-electron chi connectivity index (χ3n) is 3.14. The molecule has 0 aliphatic carbocycles. The largest absolute Gasteiger partial charge is 0.316 e. The predicted molar refractivity (Wildman–Crippen MR) is 81.5 cm³/mol. The van der Waals surface area contributed by atoms with E-state index in [1.165, 1.54) is 17.0 Å². The quantitative estimate of drug-likeness (QED) is 0.736. The minimum absolute atomic E-state index is 0.719. The lowest BCUT2D eigenvalue weighted by Gasteiger charge is -2.08. The van der Waals surface area contributed by atoms with Gasteiger partial charge in [-0.25, -0.2) is 0 Å². The van der Waals surface area contributed by atoms with E-state index in [1.54, 1.807) is 0 Å². The molecule has 1 rings (SSSR count). The normalized spacial score (nSPS) is 11.4. The van der Waals surface area contributed by atoms with Crippen LogP contribution >= 0.6 is 11.8 Å². The molecule has 1 aromatic heterocycles. The molecular weight excluding hydrogens is 242 g/mol. The van der Waals surface area contributed by atoms with Gasteiger partial charge < -0.3 is 5.32 Å². The van der Waals surface area contributed by atoms with Crippen LogP contribution in [0.3, 0.4) is 0 Å². The lowest BCUT2D eigenvalue weighted by molar-refractivity contribution is 0.553. The first-order chi connectivity index (χ1) is 8.56. The summed E-state index contributed by atoms with van der Waals surface area (Å²) in [5.41, 5.74) is 3.96. The Kier molecular flexibility index (Phi) is 6.79.